The van der Waals surface area contributed by atoms with Crippen molar-refractivity contribution in [2.45, 2.75) is 31.9 Å². The van der Waals surface area contributed by atoms with Gasteiger partial charge in [0.25, 0.3) is 0 Å². The highest BCUT2D eigenvalue weighted by Gasteiger charge is 2.37. The third kappa shape index (κ3) is 1.89. The topological polar surface area (TPSA) is 47.3 Å². The molecule has 1 unspecified atom stereocenters. The molecule has 1 aromatic heterocycles. The zero-order valence-corrected chi connectivity index (χ0v) is 9.50. The quantitative estimate of drug-likeness (QED) is 0.839. The van der Waals surface area contributed by atoms with Crippen molar-refractivity contribution in [1.82, 2.24) is 9.78 Å². The van der Waals surface area contributed by atoms with Crippen molar-refractivity contribution >= 4 is 11.6 Å². The number of halogens is 1. The SMILES string of the molecule is CCn1ncc(Cl)c1C1(O)CCCOC1. The highest BCUT2D eigenvalue weighted by molar-refractivity contribution is 6.31. The summed E-state index contributed by atoms with van der Waals surface area (Å²) in [5, 5.41) is 15.1. The lowest BCUT2D eigenvalue weighted by Gasteiger charge is -2.32. The average molecular weight is 231 g/mol. The molecular weight excluding hydrogens is 216 g/mol. The number of aliphatic hydroxyl groups is 1. The number of rotatable bonds is 2. The molecule has 0 bridgehead atoms. The molecule has 0 spiro atoms. The minimum Gasteiger partial charge on any atom is -0.381 e. The van der Waals surface area contributed by atoms with Crippen molar-refractivity contribution in [3.05, 3.63) is 16.9 Å². The number of aryl methyl sites for hydroxylation is 1. The first-order chi connectivity index (χ1) is 7.17. The summed E-state index contributed by atoms with van der Waals surface area (Å²) in [6, 6.07) is 0. The molecular formula is C10H15ClN2O2. The van der Waals surface area contributed by atoms with Crippen LogP contribution in [0.2, 0.25) is 5.02 Å². The van der Waals surface area contributed by atoms with Crippen molar-refractivity contribution in [2.75, 3.05) is 13.2 Å². The van der Waals surface area contributed by atoms with Crippen LogP contribution in [0.1, 0.15) is 25.5 Å². The van der Waals surface area contributed by atoms with Crippen LogP contribution in [0.15, 0.2) is 6.20 Å². The fraction of sp³-hybridized carbons (Fsp3) is 0.700. The van der Waals surface area contributed by atoms with Gasteiger partial charge >= 0.3 is 0 Å². The number of hydrogen-bond acceptors (Lipinski definition) is 3. The first-order valence-corrected chi connectivity index (χ1v) is 5.57. The average Bonchev–Trinajstić information content (AvgIpc) is 2.61. The Morgan fingerprint density at radius 3 is 3.13 bits per heavy atom. The van der Waals surface area contributed by atoms with Crippen molar-refractivity contribution in [3.63, 3.8) is 0 Å². The van der Waals surface area contributed by atoms with Crippen LogP contribution >= 0.6 is 11.6 Å². The van der Waals surface area contributed by atoms with Crippen LogP contribution in [0.4, 0.5) is 0 Å². The molecule has 1 aliphatic heterocycles. The minimum atomic E-state index is -0.970. The predicted octanol–water partition coefficient (Wildman–Crippen LogP) is 1.55. The van der Waals surface area contributed by atoms with Crippen LogP contribution in [-0.2, 0) is 16.9 Å². The van der Waals surface area contributed by atoms with Gasteiger partial charge in [0, 0.05) is 13.2 Å². The Balaban J connectivity index is 2.37. The monoisotopic (exact) mass is 230 g/mol. The second-order valence-corrected chi connectivity index (χ2v) is 4.25. The van der Waals surface area contributed by atoms with E-state index in [1.54, 1.807) is 10.9 Å². The smallest absolute Gasteiger partial charge is 0.131 e. The fourth-order valence-electron chi connectivity index (χ4n) is 2.03. The van der Waals surface area contributed by atoms with Gasteiger partial charge in [0.1, 0.15) is 5.60 Å². The van der Waals surface area contributed by atoms with Crippen LogP contribution in [0, 0.1) is 0 Å². The number of hydrogen-bond donors (Lipinski definition) is 1. The van der Waals surface area contributed by atoms with Crippen LogP contribution in [0.25, 0.3) is 0 Å². The summed E-state index contributed by atoms with van der Waals surface area (Å²) >= 11 is 6.05. The summed E-state index contributed by atoms with van der Waals surface area (Å²) in [4.78, 5) is 0. The van der Waals surface area contributed by atoms with E-state index in [9.17, 15) is 5.11 Å². The molecule has 1 aromatic rings. The Labute approximate surface area is 93.8 Å². The van der Waals surface area contributed by atoms with Crippen LogP contribution in [0.3, 0.4) is 0 Å². The van der Waals surface area contributed by atoms with Crippen molar-refractivity contribution in [1.29, 1.82) is 0 Å². The zero-order valence-electron chi connectivity index (χ0n) is 8.74. The van der Waals surface area contributed by atoms with Gasteiger partial charge in [-0.3, -0.25) is 4.68 Å². The second-order valence-electron chi connectivity index (χ2n) is 3.84. The molecule has 0 amide bonds. The van der Waals surface area contributed by atoms with Crippen LogP contribution < -0.4 is 0 Å². The molecule has 4 nitrogen and oxygen atoms in total. The third-order valence-electron chi connectivity index (χ3n) is 2.76. The predicted molar refractivity (Wildman–Crippen MR) is 56.9 cm³/mol. The number of ether oxygens (including phenoxy) is 1. The molecule has 1 atom stereocenters. The largest absolute Gasteiger partial charge is 0.381 e. The van der Waals surface area contributed by atoms with E-state index in [4.69, 9.17) is 16.3 Å². The third-order valence-corrected chi connectivity index (χ3v) is 3.03. The zero-order chi connectivity index (χ0) is 10.9. The van der Waals surface area contributed by atoms with Gasteiger partial charge in [0.15, 0.2) is 0 Å². The minimum absolute atomic E-state index is 0.304. The summed E-state index contributed by atoms with van der Waals surface area (Å²) in [5.74, 6) is 0. The molecule has 1 aliphatic rings. The fourth-order valence-corrected chi connectivity index (χ4v) is 2.35. The van der Waals surface area contributed by atoms with E-state index in [1.165, 1.54) is 0 Å². The van der Waals surface area contributed by atoms with Gasteiger partial charge in [-0.2, -0.15) is 5.10 Å². The number of nitrogens with zero attached hydrogens (tertiary/aromatic N) is 2. The lowest BCUT2D eigenvalue weighted by Crippen LogP contribution is -2.38. The van der Waals surface area contributed by atoms with E-state index in [0.717, 1.165) is 6.42 Å². The lowest BCUT2D eigenvalue weighted by molar-refractivity contribution is -0.0950. The van der Waals surface area contributed by atoms with E-state index in [2.05, 4.69) is 5.10 Å². The van der Waals surface area contributed by atoms with E-state index in [1.807, 2.05) is 6.92 Å². The Morgan fingerprint density at radius 1 is 1.73 bits per heavy atom. The maximum absolute atomic E-state index is 10.5. The van der Waals surface area contributed by atoms with Crippen LogP contribution in [0.5, 0.6) is 0 Å². The molecule has 15 heavy (non-hydrogen) atoms. The Hall–Kier alpha value is -0.580. The molecule has 1 fully saturated rings. The molecule has 2 heterocycles. The van der Waals surface area contributed by atoms with Gasteiger partial charge < -0.3 is 9.84 Å². The summed E-state index contributed by atoms with van der Waals surface area (Å²) in [6.45, 7) is 3.68. The Kier molecular flexibility index (Phi) is 3.00. The van der Waals surface area contributed by atoms with Crippen LogP contribution in [-0.4, -0.2) is 28.1 Å². The lowest BCUT2D eigenvalue weighted by atomic mass is 9.93. The highest BCUT2D eigenvalue weighted by Crippen LogP contribution is 2.34. The maximum Gasteiger partial charge on any atom is 0.131 e. The summed E-state index contributed by atoms with van der Waals surface area (Å²) in [6.07, 6.45) is 3.10. The van der Waals surface area contributed by atoms with Crippen molar-refractivity contribution in [3.8, 4) is 0 Å². The van der Waals surface area contributed by atoms with Gasteiger partial charge in [-0.1, -0.05) is 11.6 Å². The first-order valence-electron chi connectivity index (χ1n) is 5.19. The normalized spacial score (nSPS) is 26.9. The van der Waals surface area contributed by atoms with E-state index in [0.29, 0.717) is 36.9 Å². The Morgan fingerprint density at radius 2 is 2.53 bits per heavy atom. The standard InChI is InChI=1S/C10H15ClN2O2/c1-2-13-9(8(11)6-12-13)10(14)4-3-5-15-7-10/h6,14H,2-5,7H2,1H3. The van der Waals surface area contributed by atoms with Gasteiger partial charge in [0.05, 0.1) is 23.5 Å². The summed E-state index contributed by atoms with van der Waals surface area (Å²) < 4.78 is 7.05. The van der Waals surface area contributed by atoms with E-state index >= 15 is 0 Å². The van der Waals surface area contributed by atoms with E-state index < -0.39 is 5.60 Å². The Bertz CT molecular complexity index is 345. The molecule has 1 saturated heterocycles. The van der Waals surface area contributed by atoms with Gasteiger partial charge in [-0.15, -0.1) is 0 Å². The summed E-state index contributed by atoms with van der Waals surface area (Å²) in [5.41, 5.74) is -0.284. The molecule has 0 radical (unpaired) electrons. The molecule has 0 aromatic carbocycles. The van der Waals surface area contributed by atoms with Crippen molar-refractivity contribution in [2.24, 2.45) is 0 Å². The molecule has 84 valence electrons. The second kappa shape index (κ2) is 4.12. The maximum atomic E-state index is 10.5. The van der Waals surface area contributed by atoms with Gasteiger partial charge in [-0.25, -0.2) is 0 Å². The molecule has 1 N–H and O–H groups in total. The molecule has 2 rings (SSSR count). The summed E-state index contributed by atoms with van der Waals surface area (Å²) in [7, 11) is 0. The molecule has 0 saturated carbocycles. The van der Waals surface area contributed by atoms with Crippen molar-refractivity contribution < 1.29 is 9.84 Å². The molecule has 5 heteroatoms. The molecule has 0 aliphatic carbocycles. The van der Waals surface area contributed by atoms with Gasteiger partial charge in [-0.05, 0) is 19.8 Å². The first kappa shape index (κ1) is 10.9. The van der Waals surface area contributed by atoms with Gasteiger partial charge in [0.2, 0.25) is 0 Å². The van der Waals surface area contributed by atoms with E-state index in [-0.39, 0.29) is 0 Å². The highest BCUT2D eigenvalue weighted by atomic mass is 35.5. The number of aromatic nitrogens is 2.